The van der Waals surface area contributed by atoms with Crippen molar-refractivity contribution in [2.45, 2.75) is 24.8 Å². The van der Waals surface area contributed by atoms with Crippen molar-refractivity contribution in [3.05, 3.63) is 15.8 Å². The summed E-state index contributed by atoms with van der Waals surface area (Å²) in [4.78, 5) is 11.7. The van der Waals surface area contributed by atoms with Gasteiger partial charge in [-0.2, -0.15) is 0 Å². The number of ether oxygens (including phenoxy) is 1. The van der Waals surface area contributed by atoms with Crippen LogP contribution in [0.5, 0.6) is 0 Å². The fourth-order valence-electron chi connectivity index (χ4n) is 1.41. The number of sulfonamides is 1. The minimum Gasteiger partial charge on any atom is -0.465 e. The SMILES string of the molecule is CNC(C)CNS(=O)(=O)c1c(C)csc1C(=O)OC.Cl. The van der Waals surface area contributed by atoms with E-state index in [9.17, 15) is 13.2 Å². The maximum atomic E-state index is 12.2. The third kappa shape index (κ3) is 4.42. The van der Waals surface area contributed by atoms with Crippen LogP contribution in [0.2, 0.25) is 0 Å². The maximum absolute atomic E-state index is 12.2. The van der Waals surface area contributed by atoms with E-state index in [0.29, 0.717) is 5.56 Å². The highest BCUT2D eigenvalue weighted by atomic mass is 35.5. The average molecular weight is 343 g/mol. The summed E-state index contributed by atoms with van der Waals surface area (Å²) in [6.45, 7) is 3.75. The zero-order chi connectivity index (χ0) is 14.6. The molecule has 0 amide bonds. The van der Waals surface area contributed by atoms with Gasteiger partial charge in [-0.15, -0.1) is 23.7 Å². The van der Waals surface area contributed by atoms with E-state index in [0.717, 1.165) is 11.3 Å². The molecule has 0 radical (unpaired) electrons. The van der Waals surface area contributed by atoms with Gasteiger partial charge in [0.15, 0.2) is 0 Å². The van der Waals surface area contributed by atoms with Gasteiger partial charge in [-0.1, -0.05) is 0 Å². The van der Waals surface area contributed by atoms with Crippen molar-refractivity contribution in [3.63, 3.8) is 0 Å². The Morgan fingerprint density at radius 2 is 2.10 bits per heavy atom. The van der Waals surface area contributed by atoms with Crippen LogP contribution >= 0.6 is 23.7 Å². The van der Waals surface area contributed by atoms with Crippen LogP contribution in [0.15, 0.2) is 10.3 Å². The zero-order valence-electron chi connectivity index (χ0n) is 11.7. The monoisotopic (exact) mass is 342 g/mol. The molecule has 2 N–H and O–H groups in total. The van der Waals surface area contributed by atoms with Gasteiger partial charge in [0, 0.05) is 12.6 Å². The van der Waals surface area contributed by atoms with Gasteiger partial charge >= 0.3 is 5.97 Å². The highest BCUT2D eigenvalue weighted by Gasteiger charge is 2.27. The van der Waals surface area contributed by atoms with Crippen LogP contribution in [0.1, 0.15) is 22.2 Å². The van der Waals surface area contributed by atoms with E-state index < -0.39 is 16.0 Å². The first-order chi connectivity index (χ1) is 8.83. The summed E-state index contributed by atoms with van der Waals surface area (Å²) in [5.41, 5.74) is 0.537. The van der Waals surface area contributed by atoms with Gasteiger partial charge in [0.2, 0.25) is 10.0 Å². The van der Waals surface area contributed by atoms with Crippen molar-refractivity contribution in [1.82, 2.24) is 10.0 Å². The Bertz CT molecular complexity index is 557. The summed E-state index contributed by atoms with van der Waals surface area (Å²) in [5, 5.41) is 4.56. The number of esters is 1. The fraction of sp³-hybridized carbons (Fsp3) is 0.545. The first kappa shape index (κ1) is 19.3. The second-order valence-electron chi connectivity index (χ2n) is 4.11. The summed E-state index contributed by atoms with van der Waals surface area (Å²) in [7, 11) is -0.748. The summed E-state index contributed by atoms with van der Waals surface area (Å²) >= 11 is 1.07. The molecular weight excluding hydrogens is 324 g/mol. The Labute approximate surface area is 129 Å². The number of rotatable bonds is 6. The van der Waals surface area contributed by atoms with Crippen LogP contribution in [0.25, 0.3) is 0 Å². The van der Waals surface area contributed by atoms with Crippen LogP contribution in [-0.4, -0.2) is 41.1 Å². The number of halogens is 1. The Kier molecular flexibility index (Phi) is 7.67. The number of carbonyl (C=O) groups excluding carboxylic acids is 1. The molecule has 0 spiro atoms. The number of methoxy groups -OCH3 is 1. The molecule has 1 unspecified atom stereocenters. The minimum absolute atomic E-state index is 0. The number of likely N-dealkylation sites (N-methyl/N-ethyl adjacent to an activating group) is 1. The molecule has 1 atom stereocenters. The molecule has 0 aromatic carbocycles. The molecule has 1 aromatic heterocycles. The molecule has 0 aliphatic carbocycles. The van der Waals surface area contributed by atoms with Crippen LogP contribution < -0.4 is 10.0 Å². The molecule has 0 aliphatic rings. The Balaban J connectivity index is 0.00000361. The third-order valence-electron chi connectivity index (χ3n) is 2.63. The molecule has 1 rings (SSSR count). The topological polar surface area (TPSA) is 84.5 Å². The largest absolute Gasteiger partial charge is 0.465 e. The molecule has 0 bridgehead atoms. The molecular formula is C11H19ClN2O4S2. The zero-order valence-corrected chi connectivity index (χ0v) is 14.2. The molecule has 116 valence electrons. The van der Waals surface area contributed by atoms with E-state index in [1.165, 1.54) is 7.11 Å². The molecule has 1 heterocycles. The molecule has 0 fully saturated rings. The third-order valence-corrected chi connectivity index (χ3v) is 5.45. The number of nitrogens with one attached hydrogen (secondary N) is 2. The number of carbonyl (C=O) groups is 1. The Morgan fingerprint density at radius 1 is 1.50 bits per heavy atom. The van der Waals surface area contributed by atoms with E-state index in [2.05, 4.69) is 14.8 Å². The Morgan fingerprint density at radius 3 is 2.60 bits per heavy atom. The van der Waals surface area contributed by atoms with Gasteiger partial charge in [0.25, 0.3) is 0 Å². The van der Waals surface area contributed by atoms with Crippen molar-refractivity contribution >= 4 is 39.7 Å². The number of thiophene rings is 1. The van der Waals surface area contributed by atoms with Gasteiger partial charge in [0.05, 0.1) is 7.11 Å². The van der Waals surface area contributed by atoms with Crippen molar-refractivity contribution in [3.8, 4) is 0 Å². The number of aryl methyl sites for hydroxylation is 1. The van der Waals surface area contributed by atoms with E-state index in [4.69, 9.17) is 0 Å². The molecule has 20 heavy (non-hydrogen) atoms. The van der Waals surface area contributed by atoms with E-state index in [1.54, 1.807) is 19.4 Å². The fourth-order valence-corrected chi connectivity index (χ4v) is 4.24. The van der Waals surface area contributed by atoms with Gasteiger partial charge in [-0.3, -0.25) is 0 Å². The maximum Gasteiger partial charge on any atom is 0.349 e. The molecule has 0 aliphatic heterocycles. The molecule has 0 saturated heterocycles. The van der Waals surface area contributed by atoms with Crippen molar-refractivity contribution in [2.75, 3.05) is 20.7 Å². The lowest BCUT2D eigenvalue weighted by Gasteiger charge is -2.12. The van der Waals surface area contributed by atoms with Gasteiger partial charge in [-0.25, -0.2) is 17.9 Å². The number of hydrogen-bond donors (Lipinski definition) is 2. The molecule has 1 aromatic rings. The first-order valence-corrected chi connectivity index (χ1v) is 8.03. The standard InChI is InChI=1S/C11H18N2O4S2.ClH/c1-7-6-18-9(11(14)17-4)10(7)19(15,16)13-5-8(2)12-3;/h6,8,12-13H,5H2,1-4H3;1H. The smallest absolute Gasteiger partial charge is 0.349 e. The summed E-state index contributed by atoms with van der Waals surface area (Å²) < 4.78 is 31.6. The van der Waals surface area contributed by atoms with Crippen molar-refractivity contribution in [1.29, 1.82) is 0 Å². The van der Waals surface area contributed by atoms with Crippen molar-refractivity contribution < 1.29 is 17.9 Å². The lowest BCUT2D eigenvalue weighted by Crippen LogP contribution is -2.37. The predicted molar refractivity (Wildman–Crippen MR) is 81.4 cm³/mol. The summed E-state index contributed by atoms with van der Waals surface area (Å²) in [5.74, 6) is -0.639. The second-order valence-corrected chi connectivity index (χ2v) is 6.69. The predicted octanol–water partition coefficient (Wildman–Crippen LogP) is 1.15. The Hall–Kier alpha value is -0.670. The van der Waals surface area contributed by atoms with E-state index >= 15 is 0 Å². The van der Waals surface area contributed by atoms with Crippen LogP contribution in [0.3, 0.4) is 0 Å². The molecule has 6 nitrogen and oxygen atoms in total. The quantitative estimate of drug-likeness (QED) is 0.758. The normalized spacial score (nSPS) is 12.6. The molecule has 9 heteroatoms. The first-order valence-electron chi connectivity index (χ1n) is 5.66. The van der Waals surface area contributed by atoms with Gasteiger partial charge in [0.1, 0.15) is 9.77 Å². The van der Waals surface area contributed by atoms with Crippen LogP contribution in [0, 0.1) is 6.92 Å². The highest BCUT2D eigenvalue weighted by Crippen LogP contribution is 2.27. The van der Waals surface area contributed by atoms with Crippen molar-refractivity contribution in [2.24, 2.45) is 0 Å². The lowest BCUT2D eigenvalue weighted by atomic mass is 10.3. The van der Waals surface area contributed by atoms with Crippen LogP contribution in [-0.2, 0) is 14.8 Å². The average Bonchev–Trinajstić information content (AvgIpc) is 2.77. The highest BCUT2D eigenvalue weighted by molar-refractivity contribution is 7.89. The number of hydrogen-bond acceptors (Lipinski definition) is 6. The van der Waals surface area contributed by atoms with Gasteiger partial charge < -0.3 is 10.1 Å². The molecule has 0 saturated carbocycles. The second kappa shape index (κ2) is 7.94. The lowest BCUT2D eigenvalue weighted by molar-refractivity contribution is 0.0602. The van der Waals surface area contributed by atoms with Crippen LogP contribution in [0.4, 0.5) is 0 Å². The minimum atomic E-state index is -3.72. The summed E-state index contributed by atoms with van der Waals surface area (Å²) in [6.07, 6.45) is 0. The summed E-state index contributed by atoms with van der Waals surface area (Å²) in [6, 6.07) is -0.00436. The van der Waals surface area contributed by atoms with Gasteiger partial charge in [-0.05, 0) is 31.8 Å². The van der Waals surface area contributed by atoms with E-state index in [1.807, 2.05) is 6.92 Å². The van der Waals surface area contributed by atoms with E-state index in [-0.39, 0.29) is 34.8 Å².